The third-order valence-corrected chi connectivity index (χ3v) is 3.35. The molecule has 1 rings (SSSR count). The van der Waals surface area contributed by atoms with Crippen LogP contribution in [-0.4, -0.2) is 0 Å². The van der Waals surface area contributed by atoms with E-state index in [0.717, 1.165) is 0 Å². The Balaban J connectivity index is 3.31. The van der Waals surface area contributed by atoms with Crippen LogP contribution < -0.4 is 0 Å². The maximum Gasteiger partial charge on any atom is -0.0103 e. The van der Waals surface area contributed by atoms with E-state index in [2.05, 4.69) is 65.8 Å². The normalized spacial score (nSPS) is 12.9. The highest BCUT2D eigenvalue weighted by molar-refractivity contribution is 5.37. The van der Waals surface area contributed by atoms with E-state index in [1.807, 2.05) is 0 Å². The fourth-order valence-corrected chi connectivity index (χ4v) is 1.92. The number of rotatable bonds is 2. The summed E-state index contributed by atoms with van der Waals surface area (Å²) < 4.78 is 0. The van der Waals surface area contributed by atoms with Crippen LogP contribution in [0, 0.1) is 0 Å². The van der Waals surface area contributed by atoms with Crippen LogP contribution in [0.4, 0.5) is 0 Å². The highest BCUT2D eigenvalue weighted by atomic mass is 14.3. The van der Waals surface area contributed by atoms with Gasteiger partial charge in [0.25, 0.3) is 0 Å². The van der Waals surface area contributed by atoms with E-state index in [4.69, 9.17) is 0 Å². The summed E-state index contributed by atoms with van der Waals surface area (Å²) in [7, 11) is 0. The Labute approximate surface area is 94.7 Å². The smallest absolute Gasteiger partial charge is 0.0103 e. The van der Waals surface area contributed by atoms with Crippen molar-refractivity contribution in [3.05, 3.63) is 35.4 Å². The SMILES string of the molecule is CCC(C)(C)c1ccccc1C(C)(C)C. The first kappa shape index (κ1) is 12.3. The molecule has 0 aromatic heterocycles. The van der Waals surface area contributed by atoms with Crippen molar-refractivity contribution in [1.29, 1.82) is 0 Å². The molecule has 0 saturated heterocycles. The molecule has 0 spiro atoms. The third-order valence-electron chi connectivity index (χ3n) is 3.35. The molecule has 0 nitrogen and oxygen atoms in total. The molecule has 0 heteroatoms. The molecule has 15 heavy (non-hydrogen) atoms. The van der Waals surface area contributed by atoms with E-state index in [9.17, 15) is 0 Å². The zero-order chi connectivity index (χ0) is 11.7. The predicted octanol–water partition coefficient (Wildman–Crippen LogP) is 4.67. The molecule has 0 aliphatic carbocycles. The standard InChI is InChI=1S/C15H24/c1-7-15(5,6)13-11-9-8-10-12(13)14(2,3)4/h8-11H,7H2,1-6H3. The van der Waals surface area contributed by atoms with Crippen LogP contribution >= 0.6 is 0 Å². The predicted molar refractivity (Wildman–Crippen MR) is 68.5 cm³/mol. The van der Waals surface area contributed by atoms with Gasteiger partial charge in [-0.15, -0.1) is 0 Å². The Hall–Kier alpha value is -0.780. The van der Waals surface area contributed by atoms with Crippen LogP contribution in [0.25, 0.3) is 0 Å². The second-order valence-electron chi connectivity index (χ2n) is 6.03. The molecule has 0 saturated carbocycles. The van der Waals surface area contributed by atoms with E-state index in [-0.39, 0.29) is 10.8 Å². The van der Waals surface area contributed by atoms with E-state index in [0.29, 0.717) is 0 Å². The van der Waals surface area contributed by atoms with Crippen LogP contribution in [0.1, 0.15) is 59.1 Å². The number of hydrogen-bond donors (Lipinski definition) is 0. The van der Waals surface area contributed by atoms with Gasteiger partial charge in [0.05, 0.1) is 0 Å². The van der Waals surface area contributed by atoms with Gasteiger partial charge in [0, 0.05) is 0 Å². The molecule has 0 N–H and O–H groups in total. The summed E-state index contributed by atoms with van der Waals surface area (Å²) in [5.41, 5.74) is 3.50. The fourth-order valence-electron chi connectivity index (χ4n) is 1.92. The minimum absolute atomic E-state index is 0.239. The maximum atomic E-state index is 2.33. The van der Waals surface area contributed by atoms with Crippen molar-refractivity contribution in [1.82, 2.24) is 0 Å². The van der Waals surface area contributed by atoms with Gasteiger partial charge in [-0.2, -0.15) is 0 Å². The molecule has 0 radical (unpaired) electrons. The van der Waals surface area contributed by atoms with E-state index in [1.54, 1.807) is 0 Å². The lowest BCUT2D eigenvalue weighted by atomic mass is 9.73. The molecule has 1 aromatic rings. The summed E-state index contributed by atoms with van der Waals surface area (Å²) in [6.45, 7) is 13.8. The van der Waals surface area contributed by atoms with Crippen molar-refractivity contribution in [2.75, 3.05) is 0 Å². The van der Waals surface area contributed by atoms with E-state index >= 15 is 0 Å². The molecule has 0 aliphatic heterocycles. The minimum atomic E-state index is 0.239. The molecular weight excluding hydrogens is 180 g/mol. The van der Waals surface area contributed by atoms with Gasteiger partial charge >= 0.3 is 0 Å². The summed E-state index contributed by atoms with van der Waals surface area (Å²) in [5.74, 6) is 0. The van der Waals surface area contributed by atoms with Crippen molar-refractivity contribution in [2.45, 2.75) is 58.8 Å². The highest BCUT2D eigenvalue weighted by Crippen LogP contribution is 2.35. The van der Waals surface area contributed by atoms with Gasteiger partial charge in [0.15, 0.2) is 0 Å². The fraction of sp³-hybridized carbons (Fsp3) is 0.600. The van der Waals surface area contributed by atoms with Crippen molar-refractivity contribution in [2.24, 2.45) is 0 Å². The van der Waals surface area contributed by atoms with E-state index < -0.39 is 0 Å². The molecule has 0 heterocycles. The van der Waals surface area contributed by atoms with Crippen LogP contribution in [0.2, 0.25) is 0 Å². The van der Waals surface area contributed by atoms with Gasteiger partial charge in [-0.05, 0) is 28.4 Å². The second kappa shape index (κ2) is 4.00. The van der Waals surface area contributed by atoms with Crippen molar-refractivity contribution in [3.63, 3.8) is 0 Å². The van der Waals surface area contributed by atoms with Crippen LogP contribution in [0.15, 0.2) is 24.3 Å². The summed E-state index contributed by atoms with van der Waals surface area (Å²) in [6.07, 6.45) is 1.18. The Morgan fingerprint density at radius 3 is 1.73 bits per heavy atom. The first-order valence-electron chi connectivity index (χ1n) is 5.89. The molecule has 0 bridgehead atoms. The van der Waals surface area contributed by atoms with E-state index in [1.165, 1.54) is 17.5 Å². The quantitative estimate of drug-likeness (QED) is 0.656. The lowest BCUT2D eigenvalue weighted by Crippen LogP contribution is -2.23. The van der Waals surface area contributed by atoms with Crippen molar-refractivity contribution in [3.8, 4) is 0 Å². The highest BCUT2D eigenvalue weighted by Gasteiger charge is 2.26. The summed E-state index contributed by atoms with van der Waals surface area (Å²) >= 11 is 0. The molecule has 0 atom stereocenters. The summed E-state index contributed by atoms with van der Waals surface area (Å²) in [4.78, 5) is 0. The number of benzene rings is 1. The second-order valence-corrected chi connectivity index (χ2v) is 6.03. The molecule has 0 amide bonds. The molecule has 1 aromatic carbocycles. The molecule has 0 unspecified atom stereocenters. The Kier molecular flexibility index (Phi) is 3.28. The minimum Gasteiger partial charge on any atom is -0.0646 e. The molecule has 84 valence electrons. The average Bonchev–Trinajstić information content (AvgIpc) is 2.16. The number of hydrogen-bond acceptors (Lipinski definition) is 0. The maximum absolute atomic E-state index is 2.33. The molecular formula is C15H24. The zero-order valence-electron chi connectivity index (χ0n) is 11.0. The summed E-state index contributed by atoms with van der Waals surface area (Å²) in [5, 5.41) is 0. The molecule has 0 aliphatic rings. The lowest BCUT2D eigenvalue weighted by molar-refractivity contribution is 0.479. The monoisotopic (exact) mass is 204 g/mol. The Morgan fingerprint density at radius 2 is 1.33 bits per heavy atom. The van der Waals surface area contributed by atoms with Gasteiger partial charge in [-0.25, -0.2) is 0 Å². The summed E-state index contributed by atoms with van der Waals surface area (Å²) in [6, 6.07) is 8.86. The van der Waals surface area contributed by atoms with Crippen molar-refractivity contribution >= 4 is 0 Å². The van der Waals surface area contributed by atoms with Gasteiger partial charge in [0.1, 0.15) is 0 Å². The third kappa shape index (κ3) is 2.62. The van der Waals surface area contributed by atoms with Crippen LogP contribution in [0.3, 0.4) is 0 Å². The van der Waals surface area contributed by atoms with Gasteiger partial charge in [0.2, 0.25) is 0 Å². The largest absolute Gasteiger partial charge is 0.0646 e. The first-order chi connectivity index (χ1) is 6.79. The van der Waals surface area contributed by atoms with Crippen LogP contribution in [0.5, 0.6) is 0 Å². The Morgan fingerprint density at radius 1 is 0.867 bits per heavy atom. The lowest BCUT2D eigenvalue weighted by Gasteiger charge is -2.31. The average molecular weight is 204 g/mol. The zero-order valence-corrected chi connectivity index (χ0v) is 11.0. The van der Waals surface area contributed by atoms with Gasteiger partial charge < -0.3 is 0 Å². The van der Waals surface area contributed by atoms with Crippen LogP contribution in [-0.2, 0) is 10.8 Å². The van der Waals surface area contributed by atoms with Gasteiger partial charge in [-0.3, -0.25) is 0 Å². The molecule has 0 fully saturated rings. The Bertz CT molecular complexity index is 326. The topological polar surface area (TPSA) is 0 Å². The van der Waals surface area contributed by atoms with Crippen molar-refractivity contribution < 1.29 is 0 Å². The first-order valence-corrected chi connectivity index (χ1v) is 5.89. The van der Waals surface area contributed by atoms with Gasteiger partial charge in [-0.1, -0.05) is 65.8 Å².